The van der Waals surface area contributed by atoms with Crippen molar-refractivity contribution in [3.63, 3.8) is 0 Å². The van der Waals surface area contributed by atoms with Crippen molar-refractivity contribution in [2.75, 3.05) is 12.4 Å². The predicted octanol–water partition coefficient (Wildman–Crippen LogP) is 2.21. The average Bonchev–Trinajstić information content (AvgIpc) is 2.48. The van der Waals surface area contributed by atoms with Gasteiger partial charge in [0.2, 0.25) is 10.0 Å². The number of sulfonamides is 1. The van der Waals surface area contributed by atoms with Gasteiger partial charge in [0.1, 0.15) is 10.6 Å². The van der Waals surface area contributed by atoms with Crippen molar-refractivity contribution in [3.8, 4) is 5.75 Å². The van der Waals surface area contributed by atoms with Crippen molar-refractivity contribution in [2.45, 2.75) is 18.7 Å². The number of benzene rings is 2. The fraction of sp³-hybridized carbons (Fsp3) is 0.188. The molecule has 0 atom stereocenters. The Kier molecular flexibility index (Phi) is 4.72. The number of methoxy groups -OCH3 is 1. The maximum absolute atomic E-state index is 12.3. The fourth-order valence-corrected chi connectivity index (χ4v) is 2.91. The van der Waals surface area contributed by atoms with Gasteiger partial charge in [-0.15, -0.1) is 0 Å². The maximum atomic E-state index is 12.3. The molecule has 0 unspecified atom stereocenters. The van der Waals surface area contributed by atoms with E-state index in [1.165, 1.54) is 25.3 Å². The number of ether oxygens (including phenoxy) is 1. The molecule has 2 rings (SSSR count). The van der Waals surface area contributed by atoms with E-state index < -0.39 is 15.9 Å². The molecule has 0 heterocycles. The van der Waals surface area contributed by atoms with Crippen LogP contribution in [0.15, 0.2) is 41.3 Å². The molecule has 0 bridgehead atoms. The van der Waals surface area contributed by atoms with Gasteiger partial charge in [0.25, 0.3) is 5.91 Å². The summed E-state index contributed by atoms with van der Waals surface area (Å²) >= 11 is 0. The summed E-state index contributed by atoms with van der Waals surface area (Å²) in [6.45, 7) is 3.84. The molecule has 0 radical (unpaired) electrons. The van der Waals surface area contributed by atoms with Gasteiger partial charge in [-0.05, 0) is 43.7 Å². The zero-order valence-corrected chi connectivity index (χ0v) is 13.9. The number of rotatable bonds is 4. The molecule has 0 aromatic heterocycles. The third-order valence-electron chi connectivity index (χ3n) is 3.36. The number of primary sulfonamides is 1. The van der Waals surface area contributed by atoms with Crippen LogP contribution >= 0.6 is 0 Å². The standard InChI is InChI=1S/C16H18N2O4S/c1-10-4-6-13(11(2)8-10)18-16(19)12-5-7-14(22-3)15(9-12)23(17,20)21/h4-9H,1-3H3,(H,18,19)(H2,17,20,21). The Bertz CT molecular complexity index is 860. The topological polar surface area (TPSA) is 98.5 Å². The van der Waals surface area contributed by atoms with Gasteiger partial charge in [-0.3, -0.25) is 4.79 Å². The molecule has 23 heavy (non-hydrogen) atoms. The highest BCUT2D eigenvalue weighted by molar-refractivity contribution is 7.89. The first-order valence-electron chi connectivity index (χ1n) is 6.82. The van der Waals surface area contributed by atoms with Crippen molar-refractivity contribution in [1.82, 2.24) is 0 Å². The van der Waals surface area contributed by atoms with Crippen molar-refractivity contribution >= 4 is 21.6 Å². The van der Waals surface area contributed by atoms with Crippen LogP contribution in [0, 0.1) is 13.8 Å². The summed E-state index contributed by atoms with van der Waals surface area (Å²) < 4.78 is 28.2. The van der Waals surface area contributed by atoms with Crippen LogP contribution in [-0.4, -0.2) is 21.4 Å². The molecule has 1 amide bonds. The van der Waals surface area contributed by atoms with Gasteiger partial charge < -0.3 is 10.1 Å². The summed E-state index contributed by atoms with van der Waals surface area (Å²) in [5.41, 5.74) is 2.84. The first-order chi connectivity index (χ1) is 10.7. The Morgan fingerprint density at radius 1 is 1.13 bits per heavy atom. The van der Waals surface area contributed by atoms with Gasteiger partial charge >= 0.3 is 0 Å². The van der Waals surface area contributed by atoms with Crippen LogP contribution in [0.5, 0.6) is 5.75 Å². The third-order valence-corrected chi connectivity index (χ3v) is 4.29. The lowest BCUT2D eigenvalue weighted by Gasteiger charge is -2.11. The van der Waals surface area contributed by atoms with Gasteiger partial charge in [0.15, 0.2) is 0 Å². The Labute approximate surface area is 135 Å². The number of carbonyl (C=O) groups is 1. The van der Waals surface area contributed by atoms with Crippen LogP contribution in [0.1, 0.15) is 21.5 Å². The van der Waals surface area contributed by atoms with Gasteiger partial charge in [-0.2, -0.15) is 0 Å². The predicted molar refractivity (Wildman–Crippen MR) is 88.2 cm³/mol. The smallest absolute Gasteiger partial charge is 0.255 e. The van der Waals surface area contributed by atoms with Gasteiger partial charge in [-0.25, -0.2) is 13.6 Å². The highest BCUT2D eigenvalue weighted by atomic mass is 32.2. The summed E-state index contributed by atoms with van der Waals surface area (Å²) in [4.78, 5) is 12.1. The minimum atomic E-state index is -3.99. The number of carbonyl (C=O) groups excluding carboxylic acids is 1. The van der Waals surface area contributed by atoms with E-state index in [4.69, 9.17) is 9.88 Å². The van der Waals surface area contributed by atoms with Crippen LogP contribution in [0.25, 0.3) is 0 Å². The van der Waals surface area contributed by atoms with Crippen LogP contribution in [0.3, 0.4) is 0 Å². The fourth-order valence-electron chi connectivity index (χ4n) is 2.19. The molecular formula is C16H18N2O4S. The van der Waals surface area contributed by atoms with Gasteiger partial charge in [0, 0.05) is 11.3 Å². The molecule has 7 heteroatoms. The number of nitrogens with two attached hydrogens (primary N) is 1. The van der Waals surface area contributed by atoms with Gasteiger partial charge in [0.05, 0.1) is 7.11 Å². The van der Waals surface area contributed by atoms with E-state index in [2.05, 4.69) is 5.32 Å². The van der Waals surface area contributed by atoms with E-state index in [9.17, 15) is 13.2 Å². The zero-order valence-electron chi connectivity index (χ0n) is 13.1. The van der Waals surface area contributed by atoms with Crippen molar-refractivity contribution in [2.24, 2.45) is 5.14 Å². The molecule has 2 aromatic carbocycles. The summed E-state index contributed by atoms with van der Waals surface area (Å²) in [6, 6.07) is 9.70. The van der Waals surface area contributed by atoms with Crippen molar-refractivity contribution in [1.29, 1.82) is 0 Å². The molecule has 6 nitrogen and oxygen atoms in total. The number of hydrogen-bond acceptors (Lipinski definition) is 4. The van der Waals surface area contributed by atoms with E-state index in [1.54, 1.807) is 6.07 Å². The third kappa shape index (κ3) is 3.88. The maximum Gasteiger partial charge on any atom is 0.255 e. The zero-order chi connectivity index (χ0) is 17.2. The molecule has 0 aliphatic rings. The Morgan fingerprint density at radius 2 is 1.83 bits per heavy atom. The van der Waals surface area contributed by atoms with Crippen LogP contribution < -0.4 is 15.2 Å². The monoisotopic (exact) mass is 334 g/mol. The summed E-state index contributed by atoms with van der Waals surface area (Å²) in [6.07, 6.45) is 0. The quantitative estimate of drug-likeness (QED) is 0.895. The molecule has 0 fully saturated rings. The van der Waals surface area contributed by atoms with E-state index in [0.29, 0.717) is 5.69 Å². The minimum absolute atomic E-state index is 0.0931. The molecule has 3 N–H and O–H groups in total. The Balaban J connectivity index is 2.36. The first kappa shape index (κ1) is 17.0. The van der Waals surface area contributed by atoms with Crippen LogP contribution in [-0.2, 0) is 10.0 Å². The molecule has 0 spiro atoms. The molecule has 0 aliphatic carbocycles. The molecule has 2 aromatic rings. The van der Waals surface area contributed by atoms with Crippen LogP contribution in [0.4, 0.5) is 5.69 Å². The van der Waals surface area contributed by atoms with Crippen LogP contribution in [0.2, 0.25) is 0 Å². The van der Waals surface area contributed by atoms with E-state index in [1.807, 2.05) is 26.0 Å². The van der Waals surface area contributed by atoms with E-state index in [-0.39, 0.29) is 16.2 Å². The van der Waals surface area contributed by atoms with Crippen molar-refractivity contribution < 1.29 is 17.9 Å². The first-order valence-corrected chi connectivity index (χ1v) is 8.36. The lowest BCUT2D eigenvalue weighted by atomic mass is 10.1. The van der Waals surface area contributed by atoms with Gasteiger partial charge in [-0.1, -0.05) is 17.7 Å². The number of aryl methyl sites for hydroxylation is 2. The number of amides is 1. The lowest BCUT2D eigenvalue weighted by Crippen LogP contribution is -2.17. The van der Waals surface area contributed by atoms with E-state index >= 15 is 0 Å². The second-order valence-corrected chi connectivity index (χ2v) is 6.71. The van der Waals surface area contributed by atoms with Crippen molar-refractivity contribution in [3.05, 3.63) is 53.1 Å². The Hall–Kier alpha value is -2.38. The normalized spacial score (nSPS) is 11.1. The second-order valence-electron chi connectivity index (χ2n) is 5.18. The molecule has 0 saturated carbocycles. The number of nitrogens with one attached hydrogen (secondary N) is 1. The highest BCUT2D eigenvalue weighted by Gasteiger charge is 2.18. The molecule has 122 valence electrons. The minimum Gasteiger partial charge on any atom is -0.495 e. The SMILES string of the molecule is COc1ccc(C(=O)Nc2ccc(C)cc2C)cc1S(N)(=O)=O. The Morgan fingerprint density at radius 3 is 2.39 bits per heavy atom. The number of anilines is 1. The summed E-state index contributed by atoms with van der Waals surface area (Å²) in [7, 11) is -2.66. The lowest BCUT2D eigenvalue weighted by molar-refractivity contribution is 0.102. The number of hydrogen-bond donors (Lipinski definition) is 2. The molecular weight excluding hydrogens is 316 g/mol. The summed E-state index contributed by atoms with van der Waals surface area (Å²) in [5, 5.41) is 7.91. The molecule has 0 saturated heterocycles. The largest absolute Gasteiger partial charge is 0.495 e. The summed E-state index contributed by atoms with van der Waals surface area (Å²) in [5.74, 6) is -0.333. The van der Waals surface area contributed by atoms with E-state index in [0.717, 1.165) is 11.1 Å². The molecule has 0 aliphatic heterocycles. The average molecular weight is 334 g/mol. The highest BCUT2D eigenvalue weighted by Crippen LogP contribution is 2.24. The second kappa shape index (κ2) is 6.39.